The van der Waals surface area contributed by atoms with E-state index in [1.165, 1.54) is 35.3 Å². The number of fused-ring (bicyclic) bond motifs is 1. The zero-order chi connectivity index (χ0) is 16.7. The van der Waals surface area contributed by atoms with E-state index in [2.05, 4.69) is 22.7 Å². The first-order valence-electron chi connectivity index (χ1n) is 8.74. The molecule has 3 heterocycles. The van der Waals surface area contributed by atoms with Gasteiger partial charge >= 0.3 is 0 Å². The maximum absolute atomic E-state index is 12.9. The minimum absolute atomic E-state index is 0.0345. The van der Waals surface area contributed by atoms with Gasteiger partial charge in [0.2, 0.25) is 5.91 Å². The molecule has 1 aliphatic carbocycles. The molecule has 0 radical (unpaired) electrons. The molecule has 24 heavy (non-hydrogen) atoms. The van der Waals surface area contributed by atoms with Crippen LogP contribution in [0, 0.1) is 12.8 Å². The number of rotatable bonds is 3. The van der Waals surface area contributed by atoms with Crippen molar-refractivity contribution < 1.29 is 4.79 Å². The Balaban J connectivity index is 1.52. The molecule has 2 aliphatic rings. The molecule has 2 aromatic heterocycles. The largest absolute Gasteiger partial charge is 0.317 e. The molecule has 1 fully saturated rings. The molecule has 1 saturated heterocycles. The van der Waals surface area contributed by atoms with Crippen molar-refractivity contribution in [2.75, 3.05) is 18.4 Å². The summed E-state index contributed by atoms with van der Waals surface area (Å²) in [7, 11) is 1.92. The van der Waals surface area contributed by atoms with Gasteiger partial charge < -0.3 is 10.6 Å². The average molecular weight is 344 g/mol. The normalized spacial score (nSPS) is 23.2. The molecule has 0 aromatic carbocycles. The van der Waals surface area contributed by atoms with Crippen LogP contribution in [0.2, 0.25) is 0 Å². The van der Waals surface area contributed by atoms with Gasteiger partial charge in [0.25, 0.3) is 0 Å². The Hall–Kier alpha value is -1.66. The van der Waals surface area contributed by atoms with Gasteiger partial charge in [-0.1, -0.05) is 0 Å². The Bertz CT molecular complexity index is 763. The molecular weight excluding hydrogens is 320 g/mol. The van der Waals surface area contributed by atoms with Crippen molar-refractivity contribution in [1.82, 2.24) is 15.1 Å². The Morgan fingerprint density at radius 3 is 2.96 bits per heavy atom. The van der Waals surface area contributed by atoms with Crippen LogP contribution >= 0.6 is 11.3 Å². The third-order valence-electron chi connectivity index (χ3n) is 5.38. The molecular formula is C18H24N4OS. The SMILES string of the molecule is Cc1c(NC(=O)[C@H]2CNC[C@@H]2c2cnn(C)c2)sc2c1CCCC2. The molecule has 0 bridgehead atoms. The lowest BCUT2D eigenvalue weighted by Crippen LogP contribution is -2.27. The highest BCUT2D eigenvalue weighted by Crippen LogP contribution is 2.38. The van der Waals surface area contributed by atoms with Crippen LogP contribution in [0.4, 0.5) is 5.00 Å². The second-order valence-corrected chi connectivity index (χ2v) is 8.08. The first-order chi connectivity index (χ1) is 11.6. The van der Waals surface area contributed by atoms with Crippen LogP contribution in [0.1, 0.15) is 40.3 Å². The highest BCUT2D eigenvalue weighted by molar-refractivity contribution is 7.16. The lowest BCUT2D eigenvalue weighted by Gasteiger charge is -2.17. The van der Waals surface area contributed by atoms with Gasteiger partial charge in [0.15, 0.2) is 0 Å². The van der Waals surface area contributed by atoms with Crippen LogP contribution in [0.3, 0.4) is 0 Å². The maximum atomic E-state index is 12.9. The molecule has 0 spiro atoms. The van der Waals surface area contributed by atoms with E-state index in [1.54, 1.807) is 16.0 Å². The van der Waals surface area contributed by atoms with E-state index in [0.29, 0.717) is 0 Å². The van der Waals surface area contributed by atoms with Crippen molar-refractivity contribution in [3.63, 3.8) is 0 Å². The summed E-state index contributed by atoms with van der Waals surface area (Å²) in [6, 6.07) is 0. The zero-order valence-corrected chi connectivity index (χ0v) is 15.1. The van der Waals surface area contributed by atoms with Crippen LogP contribution in [-0.4, -0.2) is 28.8 Å². The number of aromatic nitrogens is 2. The van der Waals surface area contributed by atoms with Gasteiger partial charge in [0.05, 0.1) is 17.1 Å². The van der Waals surface area contributed by atoms with Gasteiger partial charge in [-0.2, -0.15) is 5.10 Å². The predicted octanol–water partition coefficient (Wildman–Crippen LogP) is 2.61. The van der Waals surface area contributed by atoms with E-state index in [4.69, 9.17) is 0 Å². The standard InChI is InChI=1S/C18H24N4OS/c1-11-13-5-3-4-6-16(13)24-18(11)21-17(23)15-9-19-8-14(15)12-7-20-22(2)10-12/h7,10,14-15,19H,3-6,8-9H2,1-2H3,(H,21,23)/t14-,15+/m1/s1. The average Bonchev–Trinajstić information content (AvgIpc) is 3.28. The highest BCUT2D eigenvalue weighted by atomic mass is 32.1. The van der Waals surface area contributed by atoms with Gasteiger partial charge in [0, 0.05) is 37.1 Å². The summed E-state index contributed by atoms with van der Waals surface area (Å²) >= 11 is 1.78. The van der Waals surface area contributed by atoms with Gasteiger partial charge in [0.1, 0.15) is 0 Å². The quantitative estimate of drug-likeness (QED) is 0.900. The summed E-state index contributed by atoms with van der Waals surface area (Å²) < 4.78 is 1.81. The first kappa shape index (κ1) is 15.8. The summed E-state index contributed by atoms with van der Waals surface area (Å²) in [6.45, 7) is 3.72. The number of aryl methyl sites for hydroxylation is 2. The minimum atomic E-state index is -0.0345. The van der Waals surface area contributed by atoms with E-state index >= 15 is 0 Å². The number of amides is 1. The lowest BCUT2D eigenvalue weighted by atomic mass is 9.90. The van der Waals surface area contributed by atoms with E-state index in [1.807, 2.05) is 19.4 Å². The number of nitrogens with zero attached hydrogens (tertiary/aromatic N) is 2. The number of carbonyl (C=O) groups excluding carboxylic acids is 1. The number of carbonyl (C=O) groups is 1. The van der Waals surface area contributed by atoms with Crippen molar-refractivity contribution in [3.05, 3.63) is 34.0 Å². The molecule has 2 N–H and O–H groups in total. The second-order valence-electron chi connectivity index (χ2n) is 6.97. The van der Waals surface area contributed by atoms with E-state index in [9.17, 15) is 4.79 Å². The summed E-state index contributed by atoms with van der Waals surface area (Å²) in [4.78, 5) is 14.4. The predicted molar refractivity (Wildman–Crippen MR) is 96.6 cm³/mol. The van der Waals surface area contributed by atoms with Crippen LogP contribution < -0.4 is 10.6 Å². The highest BCUT2D eigenvalue weighted by Gasteiger charge is 2.35. The fourth-order valence-corrected chi connectivity index (χ4v) is 5.28. The number of hydrogen-bond acceptors (Lipinski definition) is 4. The number of thiophene rings is 1. The Morgan fingerprint density at radius 2 is 2.21 bits per heavy atom. The van der Waals surface area contributed by atoms with E-state index in [-0.39, 0.29) is 17.7 Å². The molecule has 1 amide bonds. The molecule has 128 valence electrons. The molecule has 2 aromatic rings. The van der Waals surface area contributed by atoms with Crippen LogP contribution in [0.15, 0.2) is 12.4 Å². The second kappa shape index (κ2) is 6.33. The van der Waals surface area contributed by atoms with Gasteiger partial charge in [-0.05, 0) is 49.3 Å². The fourth-order valence-electron chi connectivity index (χ4n) is 3.98. The molecule has 0 saturated carbocycles. The Morgan fingerprint density at radius 1 is 1.38 bits per heavy atom. The smallest absolute Gasteiger partial charge is 0.230 e. The molecule has 1 aliphatic heterocycles. The van der Waals surface area contributed by atoms with Crippen molar-refractivity contribution in [2.24, 2.45) is 13.0 Å². The molecule has 2 atom stereocenters. The van der Waals surface area contributed by atoms with Crippen molar-refractivity contribution in [1.29, 1.82) is 0 Å². The number of anilines is 1. The summed E-state index contributed by atoms with van der Waals surface area (Å²) in [5.74, 6) is 0.303. The number of hydrogen-bond donors (Lipinski definition) is 2. The third kappa shape index (κ3) is 2.78. The summed E-state index contributed by atoms with van der Waals surface area (Å²) in [5.41, 5.74) is 3.91. The van der Waals surface area contributed by atoms with Gasteiger partial charge in [-0.25, -0.2) is 0 Å². The van der Waals surface area contributed by atoms with Crippen LogP contribution in [-0.2, 0) is 24.7 Å². The molecule has 0 unspecified atom stereocenters. The van der Waals surface area contributed by atoms with E-state index in [0.717, 1.165) is 30.1 Å². The topological polar surface area (TPSA) is 59.0 Å². The van der Waals surface area contributed by atoms with Crippen molar-refractivity contribution in [2.45, 2.75) is 38.5 Å². The van der Waals surface area contributed by atoms with Gasteiger partial charge in [-0.15, -0.1) is 11.3 Å². The maximum Gasteiger partial charge on any atom is 0.230 e. The molecule has 5 nitrogen and oxygen atoms in total. The lowest BCUT2D eigenvalue weighted by molar-refractivity contribution is -0.119. The fraction of sp³-hybridized carbons (Fsp3) is 0.556. The van der Waals surface area contributed by atoms with E-state index < -0.39 is 0 Å². The summed E-state index contributed by atoms with van der Waals surface area (Å²) in [5, 5.41) is 11.9. The minimum Gasteiger partial charge on any atom is -0.317 e. The summed E-state index contributed by atoms with van der Waals surface area (Å²) in [6.07, 6.45) is 8.78. The molecule has 4 rings (SSSR count). The third-order valence-corrected chi connectivity index (χ3v) is 6.69. The Labute approximate surface area is 146 Å². The van der Waals surface area contributed by atoms with Crippen LogP contribution in [0.25, 0.3) is 0 Å². The number of nitrogens with one attached hydrogen (secondary N) is 2. The van der Waals surface area contributed by atoms with Crippen molar-refractivity contribution in [3.8, 4) is 0 Å². The molecule has 6 heteroatoms. The van der Waals surface area contributed by atoms with Gasteiger partial charge in [-0.3, -0.25) is 9.48 Å². The zero-order valence-electron chi connectivity index (χ0n) is 14.3. The van der Waals surface area contributed by atoms with Crippen LogP contribution in [0.5, 0.6) is 0 Å². The monoisotopic (exact) mass is 344 g/mol. The Kier molecular flexibility index (Phi) is 4.18. The first-order valence-corrected chi connectivity index (χ1v) is 9.56. The van der Waals surface area contributed by atoms with Crippen molar-refractivity contribution >= 4 is 22.2 Å².